The summed E-state index contributed by atoms with van der Waals surface area (Å²) in [6, 6.07) is 7.09. The molecule has 12 heteroatoms. The first-order valence-corrected chi connectivity index (χ1v) is 12.8. The highest BCUT2D eigenvalue weighted by Crippen LogP contribution is 2.37. The molecule has 1 atom stereocenters. The number of nitrogens with zero attached hydrogens (tertiary/aromatic N) is 2. The number of rotatable bonds is 10. The van der Waals surface area contributed by atoms with Crippen molar-refractivity contribution in [2.45, 2.75) is 37.8 Å². The number of hydrogen-bond acceptors (Lipinski definition) is 6. The zero-order chi connectivity index (χ0) is 25.0. The summed E-state index contributed by atoms with van der Waals surface area (Å²) >= 11 is 7.13. The van der Waals surface area contributed by atoms with E-state index in [0.29, 0.717) is 28.8 Å². The van der Waals surface area contributed by atoms with Gasteiger partial charge in [0.1, 0.15) is 16.6 Å². The van der Waals surface area contributed by atoms with Gasteiger partial charge in [0.25, 0.3) is 10.0 Å². The highest BCUT2D eigenvalue weighted by atomic mass is 35.5. The molecule has 0 spiro atoms. The summed E-state index contributed by atoms with van der Waals surface area (Å²) in [6.45, 7) is 4.09. The fourth-order valence-electron chi connectivity index (χ4n) is 3.23. The maximum atomic E-state index is 14.8. The fraction of sp³-hybridized carbons (Fsp3) is 0.273. The Bertz CT molecular complexity index is 1280. The third-order valence-corrected chi connectivity index (χ3v) is 8.45. The average molecular weight is 529 g/mol. The smallest absolute Gasteiger partial charge is 0.265 e. The Hall–Kier alpha value is -2.60. The van der Waals surface area contributed by atoms with Gasteiger partial charge in [-0.25, -0.2) is 22.2 Å². The van der Waals surface area contributed by atoms with Crippen molar-refractivity contribution in [3.63, 3.8) is 0 Å². The summed E-state index contributed by atoms with van der Waals surface area (Å²) in [5.41, 5.74) is 5.36. The summed E-state index contributed by atoms with van der Waals surface area (Å²) in [7, 11) is -4.32. The standard InChI is InChI=1S/C22H23ClF2N4O3S2/c1-13-20(12-27-10-9-21(26)30)33-22(28-13)14(2)29(19-11-16(24)5-8-18(19)25)34(31,32)17-6-3-15(23)4-7-17/h3-8,11,14,27H,9-10,12H2,1-2H3,(H2,26,30). The van der Waals surface area contributed by atoms with Crippen LogP contribution in [-0.4, -0.2) is 25.9 Å². The van der Waals surface area contributed by atoms with Gasteiger partial charge in [-0.15, -0.1) is 11.3 Å². The Labute approximate surface area is 205 Å². The zero-order valence-electron chi connectivity index (χ0n) is 18.4. The number of anilines is 1. The van der Waals surface area contributed by atoms with Gasteiger partial charge in [0.15, 0.2) is 0 Å². The van der Waals surface area contributed by atoms with E-state index < -0.39 is 39.3 Å². The molecule has 34 heavy (non-hydrogen) atoms. The van der Waals surface area contributed by atoms with Crippen LogP contribution in [0.3, 0.4) is 0 Å². The Balaban J connectivity index is 2.02. The van der Waals surface area contributed by atoms with Crippen molar-refractivity contribution in [1.82, 2.24) is 10.3 Å². The third-order valence-electron chi connectivity index (χ3n) is 4.97. The Kier molecular flexibility index (Phi) is 8.24. The zero-order valence-corrected chi connectivity index (χ0v) is 20.8. The number of primary amides is 1. The number of sulfonamides is 1. The van der Waals surface area contributed by atoms with E-state index in [1.807, 2.05) is 0 Å². The van der Waals surface area contributed by atoms with Crippen LogP contribution in [0.15, 0.2) is 47.4 Å². The Morgan fingerprint density at radius 2 is 1.91 bits per heavy atom. The van der Waals surface area contributed by atoms with Crippen LogP contribution in [-0.2, 0) is 21.4 Å². The van der Waals surface area contributed by atoms with Gasteiger partial charge in [-0.1, -0.05) is 11.6 Å². The molecule has 0 radical (unpaired) electrons. The molecule has 0 saturated heterocycles. The molecular formula is C22H23ClF2N4O3S2. The van der Waals surface area contributed by atoms with Crippen molar-refractivity contribution in [1.29, 1.82) is 0 Å². The number of thiazole rings is 1. The molecule has 1 aromatic heterocycles. The van der Waals surface area contributed by atoms with E-state index in [0.717, 1.165) is 27.4 Å². The highest BCUT2D eigenvalue weighted by Gasteiger charge is 2.34. The second-order valence-electron chi connectivity index (χ2n) is 7.48. The molecule has 3 aromatic rings. The SMILES string of the molecule is Cc1nc(C(C)N(c2cc(F)ccc2F)S(=O)(=O)c2ccc(Cl)cc2)sc1CNCCC(N)=O. The molecule has 0 aliphatic carbocycles. The van der Waals surface area contributed by atoms with Crippen molar-refractivity contribution in [2.24, 2.45) is 5.73 Å². The number of hydrogen-bond donors (Lipinski definition) is 2. The number of carbonyl (C=O) groups excluding carboxylic acids is 1. The first kappa shape index (κ1) is 26.0. The topological polar surface area (TPSA) is 105 Å². The Morgan fingerprint density at radius 1 is 1.24 bits per heavy atom. The molecule has 1 unspecified atom stereocenters. The second kappa shape index (κ2) is 10.8. The molecular weight excluding hydrogens is 506 g/mol. The predicted molar refractivity (Wildman–Crippen MR) is 128 cm³/mol. The van der Waals surface area contributed by atoms with Gasteiger partial charge in [0.2, 0.25) is 5.91 Å². The molecule has 1 amide bonds. The Morgan fingerprint density at radius 3 is 2.56 bits per heavy atom. The van der Waals surface area contributed by atoms with Gasteiger partial charge in [0, 0.05) is 35.5 Å². The van der Waals surface area contributed by atoms with Gasteiger partial charge < -0.3 is 11.1 Å². The maximum absolute atomic E-state index is 14.8. The minimum atomic E-state index is -4.32. The summed E-state index contributed by atoms with van der Waals surface area (Å²) in [4.78, 5) is 16.1. The van der Waals surface area contributed by atoms with Gasteiger partial charge >= 0.3 is 0 Å². The molecule has 2 aromatic carbocycles. The van der Waals surface area contributed by atoms with Gasteiger partial charge in [-0.05, 0) is 50.2 Å². The van der Waals surface area contributed by atoms with E-state index >= 15 is 0 Å². The van der Waals surface area contributed by atoms with Gasteiger partial charge in [-0.2, -0.15) is 0 Å². The quantitative estimate of drug-likeness (QED) is 0.382. The third kappa shape index (κ3) is 5.90. The monoisotopic (exact) mass is 528 g/mol. The maximum Gasteiger partial charge on any atom is 0.265 e. The molecule has 0 fully saturated rings. The van der Waals surface area contributed by atoms with Crippen molar-refractivity contribution in [3.05, 3.63) is 74.7 Å². The van der Waals surface area contributed by atoms with Crippen molar-refractivity contribution in [2.75, 3.05) is 10.8 Å². The molecule has 182 valence electrons. The number of amides is 1. The molecule has 3 rings (SSSR count). The van der Waals surface area contributed by atoms with E-state index in [-0.39, 0.29) is 11.3 Å². The minimum absolute atomic E-state index is 0.131. The van der Waals surface area contributed by atoms with Gasteiger partial charge in [-0.3, -0.25) is 9.10 Å². The number of nitrogens with one attached hydrogen (secondary N) is 1. The van der Waals surface area contributed by atoms with Crippen LogP contribution in [0.1, 0.15) is 35.0 Å². The van der Waals surface area contributed by atoms with Crippen LogP contribution in [0.5, 0.6) is 0 Å². The van der Waals surface area contributed by atoms with Crippen molar-refractivity contribution in [3.8, 4) is 0 Å². The van der Waals surface area contributed by atoms with Crippen LogP contribution >= 0.6 is 22.9 Å². The molecule has 7 nitrogen and oxygen atoms in total. The van der Waals surface area contributed by atoms with Crippen molar-refractivity contribution < 1.29 is 22.0 Å². The lowest BCUT2D eigenvalue weighted by atomic mass is 10.2. The van der Waals surface area contributed by atoms with Gasteiger partial charge in [0.05, 0.1) is 22.3 Å². The summed E-state index contributed by atoms with van der Waals surface area (Å²) in [6.07, 6.45) is 0.174. The van der Waals surface area contributed by atoms with E-state index in [1.165, 1.54) is 35.6 Å². The lowest BCUT2D eigenvalue weighted by Crippen LogP contribution is -2.34. The average Bonchev–Trinajstić information content (AvgIpc) is 3.14. The van der Waals surface area contributed by atoms with E-state index in [2.05, 4.69) is 10.3 Å². The first-order chi connectivity index (χ1) is 16.0. The molecule has 3 N–H and O–H groups in total. The molecule has 1 heterocycles. The molecule has 0 saturated carbocycles. The molecule has 0 bridgehead atoms. The number of nitrogens with two attached hydrogens (primary N) is 1. The fourth-order valence-corrected chi connectivity index (χ4v) is 6.12. The highest BCUT2D eigenvalue weighted by molar-refractivity contribution is 7.92. The van der Waals surface area contributed by atoms with Crippen molar-refractivity contribution >= 4 is 44.6 Å². The van der Waals surface area contributed by atoms with Crippen LogP contribution < -0.4 is 15.4 Å². The number of halogens is 3. The van der Waals surface area contributed by atoms with Crippen LogP contribution in [0.4, 0.5) is 14.5 Å². The largest absolute Gasteiger partial charge is 0.370 e. The minimum Gasteiger partial charge on any atom is -0.370 e. The van der Waals surface area contributed by atoms with E-state index in [1.54, 1.807) is 13.8 Å². The van der Waals surface area contributed by atoms with Crippen LogP contribution in [0.25, 0.3) is 0 Å². The lowest BCUT2D eigenvalue weighted by molar-refractivity contribution is -0.117. The summed E-state index contributed by atoms with van der Waals surface area (Å²) < 4.78 is 56.9. The number of carbonyl (C=O) groups is 1. The number of benzene rings is 2. The molecule has 0 aliphatic heterocycles. The lowest BCUT2D eigenvalue weighted by Gasteiger charge is -2.29. The summed E-state index contributed by atoms with van der Waals surface area (Å²) in [5, 5.41) is 3.81. The number of aryl methyl sites for hydroxylation is 1. The van der Waals surface area contributed by atoms with Crippen LogP contribution in [0.2, 0.25) is 5.02 Å². The van der Waals surface area contributed by atoms with Crippen LogP contribution in [0, 0.1) is 18.6 Å². The second-order valence-corrected chi connectivity index (χ2v) is 10.8. The van der Waals surface area contributed by atoms with E-state index in [4.69, 9.17) is 17.3 Å². The molecule has 0 aliphatic rings. The predicted octanol–water partition coefficient (Wildman–Crippen LogP) is 4.30. The first-order valence-electron chi connectivity index (χ1n) is 10.2. The number of aromatic nitrogens is 1. The normalized spacial score (nSPS) is 12.5. The van der Waals surface area contributed by atoms with E-state index in [9.17, 15) is 22.0 Å². The summed E-state index contributed by atoms with van der Waals surface area (Å²) in [5.74, 6) is -2.11.